The maximum atomic E-state index is 13.8. The van der Waals surface area contributed by atoms with Crippen LogP contribution < -0.4 is 5.01 Å². The fraction of sp³-hybridized carbons (Fsp3) is 0.103. The van der Waals surface area contributed by atoms with E-state index < -0.39 is 0 Å². The number of para-hydroxylation sites is 1. The lowest BCUT2D eigenvalue weighted by atomic mass is 9.98. The SMILES string of the molecule is Cc1ccc(C2=NN(c3ccc(C=Nc4ccccc4F)cc3)C(c3ccccc3)C2)cc1. The Labute approximate surface area is 193 Å². The lowest BCUT2D eigenvalue weighted by molar-refractivity contribution is 0.630. The van der Waals surface area contributed by atoms with E-state index in [1.54, 1.807) is 24.4 Å². The minimum Gasteiger partial charge on any atom is -0.257 e. The molecule has 4 heteroatoms. The van der Waals surface area contributed by atoms with Crippen molar-refractivity contribution in [3.63, 3.8) is 0 Å². The number of benzene rings is 4. The van der Waals surface area contributed by atoms with Crippen LogP contribution in [0.25, 0.3) is 0 Å². The molecule has 0 saturated heterocycles. The Morgan fingerprint density at radius 1 is 0.848 bits per heavy atom. The second kappa shape index (κ2) is 9.21. The number of hydrogen-bond acceptors (Lipinski definition) is 3. The molecule has 4 aromatic rings. The standard InChI is InChI=1S/C29H24FN3/c1-21-11-15-23(16-12-21)28-19-29(24-7-3-2-4-8-24)33(32-28)25-17-13-22(14-18-25)20-31-27-10-6-5-9-26(27)30/h2-18,20,29H,19H2,1H3. The first-order chi connectivity index (χ1) is 16.2. The largest absolute Gasteiger partial charge is 0.257 e. The zero-order valence-electron chi connectivity index (χ0n) is 18.4. The molecule has 0 N–H and O–H groups in total. The number of anilines is 1. The van der Waals surface area contributed by atoms with Crippen LogP contribution in [0.15, 0.2) is 113 Å². The van der Waals surface area contributed by atoms with Crippen molar-refractivity contribution in [3.8, 4) is 0 Å². The smallest absolute Gasteiger partial charge is 0.148 e. The minimum atomic E-state index is -0.328. The Morgan fingerprint density at radius 3 is 2.27 bits per heavy atom. The van der Waals surface area contributed by atoms with Crippen LogP contribution in [0.5, 0.6) is 0 Å². The monoisotopic (exact) mass is 433 g/mol. The van der Waals surface area contributed by atoms with Gasteiger partial charge in [-0.2, -0.15) is 5.10 Å². The van der Waals surface area contributed by atoms with Crippen molar-refractivity contribution in [2.75, 3.05) is 5.01 Å². The molecule has 3 nitrogen and oxygen atoms in total. The van der Waals surface area contributed by atoms with Gasteiger partial charge < -0.3 is 0 Å². The van der Waals surface area contributed by atoms with Crippen molar-refractivity contribution in [2.45, 2.75) is 19.4 Å². The number of hydrazone groups is 1. The summed E-state index contributed by atoms with van der Waals surface area (Å²) in [4.78, 5) is 4.28. The summed E-state index contributed by atoms with van der Waals surface area (Å²) in [7, 11) is 0. The second-order valence-corrected chi connectivity index (χ2v) is 8.19. The van der Waals surface area contributed by atoms with Gasteiger partial charge in [-0.1, -0.05) is 84.4 Å². The highest BCUT2D eigenvalue weighted by Crippen LogP contribution is 2.36. The van der Waals surface area contributed by atoms with E-state index in [-0.39, 0.29) is 11.9 Å². The molecule has 1 aliphatic rings. The Kier molecular flexibility index (Phi) is 5.81. The Balaban J connectivity index is 1.44. The molecule has 0 amide bonds. The summed E-state index contributed by atoms with van der Waals surface area (Å²) in [6.07, 6.45) is 2.52. The Morgan fingerprint density at radius 2 is 1.55 bits per heavy atom. The highest BCUT2D eigenvalue weighted by atomic mass is 19.1. The van der Waals surface area contributed by atoms with E-state index in [2.05, 4.69) is 65.5 Å². The fourth-order valence-corrected chi connectivity index (χ4v) is 4.02. The van der Waals surface area contributed by atoms with Crippen molar-refractivity contribution in [1.82, 2.24) is 0 Å². The van der Waals surface area contributed by atoms with Crippen LogP contribution >= 0.6 is 0 Å². The summed E-state index contributed by atoms with van der Waals surface area (Å²) < 4.78 is 13.8. The van der Waals surface area contributed by atoms with Gasteiger partial charge in [-0.3, -0.25) is 10.0 Å². The molecule has 1 unspecified atom stereocenters. The number of rotatable bonds is 5. The summed E-state index contributed by atoms with van der Waals surface area (Å²) in [6.45, 7) is 2.09. The molecule has 0 radical (unpaired) electrons. The van der Waals surface area contributed by atoms with E-state index in [0.29, 0.717) is 5.69 Å². The number of halogens is 1. The molecule has 0 aromatic heterocycles. The minimum absolute atomic E-state index is 0.125. The predicted octanol–water partition coefficient (Wildman–Crippen LogP) is 7.24. The normalized spacial score (nSPS) is 15.8. The summed E-state index contributed by atoms with van der Waals surface area (Å²) in [5, 5.41) is 7.12. The first-order valence-corrected chi connectivity index (χ1v) is 11.0. The summed E-state index contributed by atoms with van der Waals surface area (Å²) in [5.74, 6) is -0.328. The highest BCUT2D eigenvalue weighted by Gasteiger charge is 2.29. The van der Waals surface area contributed by atoms with Gasteiger partial charge in [0.15, 0.2) is 0 Å². The zero-order chi connectivity index (χ0) is 22.6. The van der Waals surface area contributed by atoms with Gasteiger partial charge >= 0.3 is 0 Å². The van der Waals surface area contributed by atoms with Crippen molar-refractivity contribution >= 4 is 23.3 Å². The zero-order valence-corrected chi connectivity index (χ0v) is 18.4. The van der Waals surface area contributed by atoms with Gasteiger partial charge in [0.05, 0.1) is 23.1 Å². The highest BCUT2D eigenvalue weighted by molar-refractivity contribution is 6.03. The lowest BCUT2D eigenvalue weighted by Crippen LogP contribution is -2.18. The Bertz CT molecular complexity index is 1290. The molecule has 0 fully saturated rings. The average Bonchev–Trinajstić information content (AvgIpc) is 3.30. The fourth-order valence-electron chi connectivity index (χ4n) is 4.02. The van der Waals surface area contributed by atoms with Crippen LogP contribution in [0.4, 0.5) is 15.8 Å². The van der Waals surface area contributed by atoms with E-state index in [0.717, 1.165) is 28.9 Å². The molecule has 4 aromatic carbocycles. The van der Waals surface area contributed by atoms with Gasteiger partial charge in [0.2, 0.25) is 0 Å². The first kappa shape index (κ1) is 20.8. The molecule has 0 aliphatic carbocycles. The van der Waals surface area contributed by atoms with Crippen LogP contribution in [-0.2, 0) is 0 Å². The third kappa shape index (κ3) is 4.60. The van der Waals surface area contributed by atoms with E-state index in [4.69, 9.17) is 5.10 Å². The van der Waals surface area contributed by atoms with Crippen molar-refractivity contribution in [2.24, 2.45) is 10.1 Å². The predicted molar refractivity (Wildman–Crippen MR) is 134 cm³/mol. The van der Waals surface area contributed by atoms with Gasteiger partial charge in [-0.05, 0) is 47.9 Å². The maximum Gasteiger partial charge on any atom is 0.148 e. The lowest BCUT2D eigenvalue weighted by Gasteiger charge is -2.24. The van der Waals surface area contributed by atoms with Crippen molar-refractivity contribution < 1.29 is 4.39 Å². The summed E-state index contributed by atoms with van der Waals surface area (Å²) >= 11 is 0. The maximum absolute atomic E-state index is 13.8. The topological polar surface area (TPSA) is 28.0 Å². The summed E-state index contributed by atoms with van der Waals surface area (Å²) in [5.41, 5.74) is 6.94. The molecule has 0 bridgehead atoms. The molecule has 33 heavy (non-hydrogen) atoms. The number of nitrogens with zero attached hydrogens (tertiary/aromatic N) is 3. The van der Waals surface area contributed by atoms with E-state index in [1.165, 1.54) is 17.2 Å². The number of aliphatic imine (C=N–C) groups is 1. The third-order valence-corrected chi connectivity index (χ3v) is 5.84. The van der Waals surface area contributed by atoms with E-state index in [9.17, 15) is 4.39 Å². The second-order valence-electron chi connectivity index (χ2n) is 8.19. The Hall–Kier alpha value is -4.05. The first-order valence-electron chi connectivity index (χ1n) is 11.0. The molecular weight excluding hydrogens is 409 g/mol. The molecule has 5 rings (SSSR count). The van der Waals surface area contributed by atoms with Crippen LogP contribution in [0.2, 0.25) is 0 Å². The van der Waals surface area contributed by atoms with Gasteiger partial charge in [0.1, 0.15) is 5.82 Å². The molecule has 162 valence electrons. The van der Waals surface area contributed by atoms with Crippen molar-refractivity contribution in [1.29, 1.82) is 0 Å². The third-order valence-electron chi connectivity index (χ3n) is 5.84. The molecular formula is C29H24FN3. The average molecular weight is 434 g/mol. The molecule has 1 atom stereocenters. The van der Waals surface area contributed by atoms with Crippen LogP contribution in [0.1, 0.15) is 34.7 Å². The quantitative estimate of drug-likeness (QED) is 0.305. The molecule has 1 aliphatic heterocycles. The molecule has 1 heterocycles. The van der Waals surface area contributed by atoms with Gasteiger partial charge in [0.25, 0.3) is 0 Å². The van der Waals surface area contributed by atoms with E-state index >= 15 is 0 Å². The van der Waals surface area contributed by atoms with Crippen LogP contribution in [-0.4, -0.2) is 11.9 Å². The van der Waals surface area contributed by atoms with Crippen LogP contribution in [0.3, 0.4) is 0 Å². The van der Waals surface area contributed by atoms with Crippen molar-refractivity contribution in [3.05, 3.63) is 131 Å². The number of hydrogen-bond donors (Lipinski definition) is 0. The molecule has 0 saturated carbocycles. The summed E-state index contributed by atoms with van der Waals surface area (Å²) in [6, 6.07) is 33.7. The van der Waals surface area contributed by atoms with Gasteiger partial charge in [-0.15, -0.1) is 0 Å². The van der Waals surface area contributed by atoms with Crippen LogP contribution in [0, 0.1) is 12.7 Å². The van der Waals surface area contributed by atoms with Gasteiger partial charge in [0, 0.05) is 12.6 Å². The molecule has 0 spiro atoms. The number of aryl methyl sites for hydroxylation is 1. The van der Waals surface area contributed by atoms with Gasteiger partial charge in [-0.25, -0.2) is 4.39 Å². The van der Waals surface area contributed by atoms with E-state index in [1.807, 2.05) is 30.3 Å².